The lowest BCUT2D eigenvalue weighted by Crippen LogP contribution is -2.38. The topological polar surface area (TPSA) is 40.5 Å². The monoisotopic (exact) mass is 282 g/mol. The molecule has 0 amide bonds. The van der Waals surface area contributed by atoms with Gasteiger partial charge in [0, 0.05) is 24.7 Å². The van der Waals surface area contributed by atoms with Crippen molar-refractivity contribution in [3.8, 4) is 0 Å². The number of aromatic nitrogens is 1. The van der Waals surface area contributed by atoms with Crippen molar-refractivity contribution in [2.24, 2.45) is 5.10 Å². The molecule has 0 radical (unpaired) electrons. The smallest absolute Gasteiger partial charge is 0.189 e. The van der Waals surface area contributed by atoms with Crippen LogP contribution in [0.25, 0.3) is 0 Å². The first-order valence-electron chi connectivity index (χ1n) is 6.26. The van der Waals surface area contributed by atoms with Gasteiger partial charge in [-0.25, -0.2) is 4.98 Å². The van der Waals surface area contributed by atoms with Crippen molar-refractivity contribution in [1.82, 2.24) is 15.3 Å². The SMILES string of the molecule is C/C(=N\NC(=S)N1CCCCCC1)c1nccs1. The molecule has 1 aromatic heterocycles. The normalized spacial score (nSPS) is 17.4. The summed E-state index contributed by atoms with van der Waals surface area (Å²) in [6, 6.07) is 0. The highest BCUT2D eigenvalue weighted by Gasteiger charge is 2.11. The van der Waals surface area contributed by atoms with Crippen LogP contribution in [0.5, 0.6) is 0 Å². The van der Waals surface area contributed by atoms with Crippen LogP contribution in [-0.4, -0.2) is 33.8 Å². The number of thiocarbonyl (C=S) groups is 1. The van der Waals surface area contributed by atoms with Crippen molar-refractivity contribution >= 4 is 34.4 Å². The van der Waals surface area contributed by atoms with Crippen LogP contribution >= 0.6 is 23.6 Å². The Morgan fingerprint density at radius 2 is 2.11 bits per heavy atom. The van der Waals surface area contributed by atoms with E-state index in [4.69, 9.17) is 12.2 Å². The maximum Gasteiger partial charge on any atom is 0.189 e. The average molecular weight is 282 g/mol. The van der Waals surface area contributed by atoms with Crippen molar-refractivity contribution < 1.29 is 0 Å². The first-order valence-corrected chi connectivity index (χ1v) is 7.55. The van der Waals surface area contributed by atoms with Gasteiger partial charge in [0.1, 0.15) is 5.01 Å². The Bertz CT molecular complexity index is 406. The number of hydrogen-bond donors (Lipinski definition) is 1. The molecule has 6 heteroatoms. The second kappa shape index (κ2) is 6.80. The number of hydrazone groups is 1. The molecular weight excluding hydrogens is 264 g/mol. The standard InChI is InChI=1S/C12H18N4S2/c1-10(11-13-6-9-18-11)14-15-12(17)16-7-4-2-3-5-8-16/h6,9H,2-5,7-8H2,1H3,(H,15,17)/b14-10+. The number of likely N-dealkylation sites (tertiary alicyclic amines) is 1. The molecule has 1 aliphatic heterocycles. The van der Waals surface area contributed by atoms with Gasteiger partial charge in [-0.3, -0.25) is 5.43 Å². The van der Waals surface area contributed by atoms with Gasteiger partial charge in [-0.15, -0.1) is 11.3 Å². The van der Waals surface area contributed by atoms with Crippen LogP contribution in [0.2, 0.25) is 0 Å². The highest BCUT2D eigenvalue weighted by Crippen LogP contribution is 2.10. The zero-order valence-corrected chi connectivity index (χ0v) is 12.2. The van der Waals surface area contributed by atoms with Gasteiger partial charge in [-0.1, -0.05) is 12.8 Å². The largest absolute Gasteiger partial charge is 0.348 e. The van der Waals surface area contributed by atoms with E-state index in [1.165, 1.54) is 25.7 Å². The number of thiazole rings is 1. The zero-order valence-electron chi connectivity index (χ0n) is 10.6. The summed E-state index contributed by atoms with van der Waals surface area (Å²) in [4.78, 5) is 6.42. The summed E-state index contributed by atoms with van der Waals surface area (Å²) >= 11 is 6.96. The Morgan fingerprint density at radius 3 is 2.72 bits per heavy atom. The quantitative estimate of drug-likeness (QED) is 0.514. The molecule has 2 heterocycles. The van der Waals surface area contributed by atoms with Crippen LogP contribution in [0.3, 0.4) is 0 Å². The lowest BCUT2D eigenvalue weighted by molar-refractivity contribution is 0.428. The molecule has 98 valence electrons. The molecule has 1 aliphatic rings. The van der Waals surface area contributed by atoms with Gasteiger partial charge >= 0.3 is 0 Å². The summed E-state index contributed by atoms with van der Waals surface area (Å²) in [5.41, 5.74) is 3.86. The van der Waals surface area contributed by atoms with E-state index in [1.54, 1.807) is 17.5 Å². The van der Waals surface area contributed by atoms with Crippen LogP contribution in [0.4, 0.5) is 0 Å². The predicted octanol–water partition coefficient (Wildman–Crippen LogP) is 2.62. The van der Waals surface area contributed by atoms with E-state index in [-0.39, 0.29) is 0 Å². The molecule has 2 rings (SSSR count). The fraction of sp³-hybridized carbons (Fsp3) is 0.583. The summed E-state index contributed by atoms with van der Waals surface area (Å²) in [6.45, 7) is 4.02. The summed E-state index contributed by atoms with van der Waals surface area (Å²) in [6.07, 6.45) is 6.83. The number of nitrogens with one attached hydrogen (secondary N) is 1. The third-order valence-electron chi connectivity index (χ3n) is 2.95. The molecule has 18 heavy (non-hydrogen) atoms. The highest BCUT2D eigenvalue weighted by molar-refractivity contribution is 7.80. The van der Waals surface area contributed by atoms with Gasteiger partial charge in [-0.2, -0.15) is 5.10 Å². The molecule has 0 spiro atoms. The Morgan fingerprint density at radius 1 is 1.39 bits per heavy atom. The zero-order chi connectivity index (χ0) is 12.8. The molecule has 1 N–H and O–H groups in total. The molecule has 0 saturated carbocycles. The summed E-state index contributed by atoms with van der Waals surface area (Å²) < 4.78 is 0. The van der Waals surface area contributed by atoms with Crippen LogP contribution in [0.1, 0.15) is 37.6 Å². The van der Waals surface area contributed by atoms with Gasteiger partial charge in [0.25, 0.3) is 0 Å². The summed E-state index contributed by atoms with van der Waals surface area (Å²) in [5.74, 6) is 0. The molecule has 1 fully saturated rings. The molecule has 0 aromatic carbocycles. The molecule has 0 unspecified atom stereocenters. The summed E-state index contributed by atoms with van der Waals surface area (Å²) in [5, 5.41) is 7.91. The third kappa shape index (κ3) is 3.74. The van der Waals surface area contributed by atoms with Gasteiger partial charge in [0.2, 0.25) is 0 Å². The lowest BCUT2D eigenvalue weighted by atomic mass is 10.2. The minimum Gasteiger partial charge on any atom is -0.348 e. The lowest BCUT2D eigenvalue weighted by Gasteiger charge is -2.22. The molecule has 1 aromatic rings. The van der Waals surface area contributed by atoms with E-state index in [0.29, 0.717) is 0 Å². The van der Waals surface area contributed by atoms with E-state index in [0.717, 1.165) is 28.9 Å². The van der Waals surface area contributed by atoms with E-state index < -0.39 is 0 Å². The number of nitrogens with zero attached hydrogens (tertiary/aromatic N) is 3. The maximum atomic E-state index is 5.37. The van der Waals surface area contributed by atoms with Crippen LogP contribution in [0.15, 0.2) is 16.7 Å². The molecular formula is C12H18N4S2. The molecule has 0 bridgehead atoms. The maximum absolute atomic E-state index is 5.37. The van der Waals surface area contributed by atoms with Gasteiger partial charge in [0.05, 0.1) is 5.71 Å². The summed E-state index contributed by atoms with van der Waals surface area (Å²) in [7, 11) is 0. The average Bonchev–Trinajstić information content (AvgIpc) is 2.78. The van der Waals surface area contributed by atoms with Crippen LogP contribution in [0, 0.1) is 0 Å². The fourth-order valence-electron chi connectivity index (χ4n) is 1.93. The van der Waals surface area contributed by atoms with Crippen molar-refractivity contribution in [3.63, 3.8) is 0 Å². The Hall–Kier alpha value is -1.01. The number of hydrogen-bond acceptors (Lipinski definition) is 4. The van der Waals surface area contributed by atoms with Crippen LogP contribution in [-0.2, 0) is 0 Å². The second-order valence-electron chi connectivity index (χ2n) is 4.35. The first kappa shape index (κ1) is 13.4. The Labute approximate surface area is 117 Å². The first-order chi connectivity index (χ1) is 8.77. The van der Waals surface area contributed by atoms with Crippen molar-refractivity contribution in [1.29, 1.82) is 0 Å². The number of rotatable bonds is 2. The molecule has 1 saturated heterocycles. The van der Waals surface area contributed by atoms with E-state index >= 15 is 0 Å². The van der Waals surface area contributed by atoms with E-state index in [2.05, 4.69) is 20.4 Å². The Balaban J connectivity index is 1.89. The van der Waals surface area contributed by atoms with Gasteiger partial charge < -0.3 is 4.90 Å². The Kier molecular flexibility index (Phi) is 5.07. The van der Waals surface area contributed by atoms with Crippen molar-refractivity contribution in [2.45, 2.75) is 32.6 Å². The second-order valence-corrected chi connectivity index (χ2v) is 5.63. The minimum absolute atomic E-state index is 0.729. The molecule has 0 aliphatic carbocycles. The van der Waals surface area contributed by atoms with Crippen molar-refractivity contribution in [2.75, 3.05) is 13.1 Å². The van der Waals surface area contributed by atoms with E-state index in [9.17, 15) is 0 Å². The van der Waals surface area contributed by atoms with Gasteiger partial charge in [0.15, 0.2) is 5.11 Å². The minimum atomic E-state index is 0.729. The van der Waals surface area contributed by atoms with Crippen molar-refractivity contribution in [3.05, 3.63) is 16.6 Å². The molecule has 0 atom stereocenters. The predicted molar refractivity (Wildman–Crippen MR) is 80.1 cm³/mol. The fourth-order valence-corrected chi connectivity index (χ4v) is 2.74. The highest BCUT2D eigenvalue weighted by atomic mass is 32.1. The molecule has 4 nitrogen and oxygen atoms in total. The third-order valence-corrected chi connectivity index (χ3v) is 4.19. The van der Waals surface area contributed by atoms with Crippen LogP contribution < -0.4 is 5.43 Å². The van der Waals surface area contributed by atoms with E-state index in [1.807, 2.05) is 12.3 Å². The van der Waals surface area contributed by atoms with Gasteiger partial charge in [-0.05, 0) is 32.0 Å².